The first kappa shape index (κ1) is 20.2. The van der Waals surface area contributed by atoms with Gasteiger partial charge in [-0.15, -0.1) is 10.2 Å². The second-order valence-electron chi connectivity index (χ2n) is 7.03. The molecule has 0 radical (unpaired) electrons. The second-order valence-corrected chi connectivity index (χ2v) is 8.31. The SMILES string of the molecule is CCCCc1nnc([S+](C)[O-])n1Cc1ccc(-c2ccccc2-c2nnn[nH]2)cc1. The van der Waals surface area contributed by atoms with Crippen molar-refractivity contribution in [1.29, 1.82) is 0 Å². The largest absolute Gasteiger partial charge is 0.609 e. The molecular weight excluding hydrogens is 398 g/mol. The van der Waals surface area contributed by atoms with Crippen molar-refractivity contribution in [3.63, 3.8) is 0 Å². The fourth-order valence-electron chi connectivity index (χ4n) is 3.40. The predicted molar refractivity (Wildman–Crippen MR) is 115 cm³/mol. The Hall–Kier alpha value is -3.04. The van der Waals surface area contributed by atoms with Crippen LogP contribution in [0.3, 0.4) is 0 Å². The Morgan fingerprint density at radius 1 is 1.00 bits per heavy atom. The molecule has 0 bridgehead atoms. The molecule has 2 aromatic carbocycles. The summed E-state index contributed by atoms with van der Waals surface area (Å²) >= 11 is -1.19. The average molecular weight is 422 g/mol. The zero-order valence-electron chi connectivity index (χ0n) is 16.9. The molecule has 9 heteroatoms. The maximum Gasteiger partial charge on any atom is 0.343 e. The topological polar surface area (TPSA) is 108 Å². The Balaban J connectivity index is 1.61. The van der Waals surface area contributed by atoms with E-state index >= 15 is 0 Å². The average Bonchev–Trinajstić information content (AvgIpc) is 3.43. The van der Waals surface area contributed by atoms with Gasteiger partial charge in [0.05, 0.1) is 6.54 Å². The van der Waals surface area contributed by atoms with Gasteiger partial charge in [0, 0.05) is 23.2 Å². The molecule has 0 aliphatic rings. The van der Waals surface area contributed by atoms with Crippen molar-refractivity contribution < 1.29 is 4.55 Å². The van der Waals surface area contributed by atoms with Gasteiger partial charge in [0.25, 0.3) is 0 Å². The quantitative estimate of drug-likeness (QED) is 0.438. The maximum atomic E-state index is 12.1. The van der Waals surface area contributed by atoms with E-state index in [0.717, 1.165) is 47.3 Å². The molecule has 8 nitrogen and oxygen atoms in total. The zero-order chi connectivity index (χ0) is 20.9. The first-order valence-electron chi connectivity index (χ1n) is 9.85. The fourth-order valence-corrected chi connectivity index (χ4v) is 4.03. The summed E-state index contributed by atoms with van der Waals surface area (Å²) in [5.41, 5.74) is 4.16. The Kier molecular flexibility index (Phi) is 6.20. The van der Waals surface area contributed by atoms with Crippen molar-refractivity contribution in [2.45, 2.75) is 37.9 Å². The van der Waals surface area contributed by atoms with Crippen molar-refractivity contribution in [2.75, 3.05) is 6.26 Å². The van der Waals surface area contributed by atoms with Crippen molar-refractivity contribution in [2.24, 2.45) is 0 Å². The molecule has 2 heterocycles. The number of unbranched alkanes of at least 4 members (excludes halogenated alkanes) is 1. The highest BCUT2D eigenvalue weighted by atomic mass is 32.2. The minimum Gasteiger partial charge on any atom is -0.609 e. The monoisotopic (exact) mass is 421 g/mol. The van der Waals surface area contributed by atoms with E-state index in [1.807, 2.05) is 28.8 Å². The van der Waals surface area contributed by atoms with Gasteiger partial charge in [0.2, 0.25) is 0 Å². The molecule has 0 amide bonds. The summed E-state index contributed by atoms with van der Waals surface area (Å²) in [6.07, 6.45) is 4.58. The second kappa shape index (κ2) is 9.19. The molecule has 0 aliphatic heterocycles. The van der Waals surface area contributed by atoms with Crippen LogP contribution in [0.1, 0.15) is 31.2 Å². The van der Waals surface area contributed by atoms with Gasteiger partial charge in [-0.1, -0.05) is 67.0 Å². The summed E-state index contributed by atoms with van der Waals surface area (Å²) in [6, 6.07) is 16.3. The van der Waals surface area contributed by atoms with E-state index in [1.54, 1.807) is 6.26 Å². The third-order valence-corrected chi connectivity index (χ3v) is 5.75. The van der Waals surface area contributed by atoms with Crippen LogP contribution in [-0.2, 0) is 24.1 Å². The molecule has 0 saturated heterocycles. The van der Waals surface area contributed by atoms with Crippen LogP contribution in [0.5, 0.6) is 0 Å². The highest BCUT2D eigenvalue weighted by Gasteiger charge is 2.19. The van der Waals surface area contributed by atoms with Gasteiger partial charge >= 0.3 is 5.16 Å². The lowest BCUT2D eigenvalue weighted by atomic mass is 9.98. The number of aromatic nitrogens is 7. The minimum absolute atomic E-state index is 0.522. The Morgan fingerprint density at radius 2 is 1.77 bits per heavy atom. The van der Waals surface area contributed by atoms with Gasteiger partial charge in [-0.3, -0.25) is 4.57 Å². The molecule has 4 rings (SSSR count). The first-order chi connectivity index (χ1) is 14.7. The fraction of sp³-hybridized carbons (Fsp3) is 0.286. The van der Waals surface area contributed by atoms with Crippen LogP contribution in [0.15, 0.2) is 53.7 Å². The van der Waals surface area contributed by atoms with Gasteiger partial charge in [-0.25, -0.2) is 5.10 Å². The van der Waals surface area contributed by atoms with Crippen LogP contribution in [0.4, 0.5) is 0 Å². The number of nitrogens with zero attached hydrogens (tertiary/aromatic N) is 6. The number of hydrogen-bond acceptors (Lipinski definition) is 6. The number of benzene rings is 2. The van der Waals surface area contributed by atoms with E-state index in [2.05, 4.69) is 62.0 Å². The number of hydrogen-bond donors (Lipinski definition) is 1. The molecule has 0 saturated carbocycles. The van der Waals surface area contributed by atoms with Crippen LogP contribution in [0.25, 0.3) is 22.5 Å². The molecule has 1 atom stereocenters. The molecule has 1 unspecified atom stereocenters. The van der Waals surface area contributed by atoms with E-state index in [9.17, 15) is 4.55 Å². The lowest BCUT2D eigenvalue weighted by Gasteiger charge is -2.11. The van der Waals surface area contributed by atoms with Gasteiger partial charge in [0.1, 0.15) is 12.1 Å². The zero-order valence-corrected chi connectivity index (χ0v) is 17.8. The normalized spacial score (nSPS) is 12.2. The Labute approximate surface area is 177 Å². The number of nitrogens with one attached hydrogen (secondary N) is 1. The first-order valence-corrected chi connectivity index (χ1v) is 11.4. The van der Waals surface area contributed by atoms with Crippen LogP contribution in [0, 0.1) is 0 Å². The standard InChI is InChI=1S/C21H23N7OS/c1-3-4-9-19-22-25-21(30(2)29)28(19)14-15-10-12-16(13-11-15)17-7-5-6-8-18(17)20-23-26-27-24-20/h5-8,10-13H,3-4,9,14H2,1-2H3,(H,23,24,26,27). The highest BCUT2D eigenvalue weighted by molar-refractivity contribution is 7.90. The van der Waals surface area contributed by atoms with Crippen molar-refractivity contribution in [3.05, 3.63) is 59.9 Å². The minimum atomic E-state index is -1.19. The summed E-state index contributed by atoms with van der Waals surface area (Å²) in [5, 5.41) is 23.2. The van der Waals surface area contributed by atoms with Crippen LogP contribution >= 0.6 is 0 Å². The van der Waals surface area contributed by atoms with Crippen molar-refractivity contribution >= 4 is 11.2 Å². The lowest BCUT2D eigenvalue weighted by Crippen LogP contribution is -2.13. The molecule has 30 heavy (non-hydrogen) atoms. The Bertz CT molecular complexity index is 1090. The summed E-state index contributed by atoms with van der Waals surface area (Å²) < 4.78 is 14.1. The third-order valence-electron chi connectivity index (χ3n) is 4.94. The van der Waals surface area contributed by atoms with Crippen LogP contribution < -0.4 is 0 Å². The van der Waals surface area contributed by atoms with Gasteiger partial charge in [-0.05, 0) is 33.5 Å². The van der Waals surface area contributed by atoms with E-state index < -0.39 is 11.2 Å². The van der Waals surface area contributed by atoms with Gasteiger partial charge in [-0.2, -0.15) is 0 Å². The number of aromatic amines is 1. The van der Waals surface area contributed by atoms with Crippen molar-refractivity contribution in [1.82, 2.24) is 35.4 Å². The molecule has 2 aromatic heterocycles. The van der Waals surface area contributed by atoms with Crippen LogP contribution in [0.2, 0.25) is 0 Å². The number of aryl methyl sites for hydroxylation is 1. The smallest absolute Gasteiger partial charge is 0.343 e. The number of tetrazole rings is 1. The van der Waals surface area contributed by atoms with E-state index in [4.69, 9.17) is 0 Å². The van der Waals surface area contributed by atoms with Crippen LogP contribution in [-0.4, -0.2) is 46.2 Å². The molecule has 0 fully saturated rings. The maximum absolute atomic E-state index is 12.1. The number of H-pyrrole nitrogens is 1. The molecule has 0 aliphatic carbocycles. The van der Waals surface area contributed by atoms with Gasteiger partial charge < -0.3 is 4.55 Å². The highest BCUT2D eigenvalue weighted by Crippen LogP contribution is 2.30. The lowest BCUT2D eigenvalue weighted by molar-refractivity contribution is 0.570. The third kappa shape index (κ3) is 4.27. The van der Waals surface area contributed by atoms with E-state index in [0.29, 0.717) is 17.5 Å². The molecule has 0 spiro atoms. The summed E-state index contributed by atoms with van der Waals surface area (Å²) in [7, 11) is 0. The molecular formula is C21H23N7OS. The van der Waals surface area contributed by atoms with E-state index in [1.165, 1.54) is 0 Å². The number of rotatable bonds is 8. The van der Waals surface area contributed by atoms with Crippen molar-refractivity contribution in [3.8, 4) is 22.5 Å². The molecule has 154 valence electrons. The summed E-state index contributed by atoms with van der Waals surface area (Å²) in [4.78, 5) is 0. The predicted octanol–water partition coefficient (Wildman–Crippen LogP) is 3.25. The Morgan fingerprint density at radius 3 is 2.43 bits per heavy atom. The van der Waals surface area contributed by atoms with E-state index in [-0.39, 0.29) is 0 Å². The summed E-state index contributed by atoms with van der Waals surface area (Å²) in [5.74, 6) is 1.52. The van der Waals surface area contributed by atoms with Gasteiger partial charge in [0.15, 0.2) is 5.82 Å². The summed E-state index contributed by atoms with van der Waals surface area (Å²) in [6.45, 7) is 2.74. The molecule has 4 aromatic rings. The molecule has 1 N–H and O–H groups in total.